The van der Waals surface area contributed by atoms with Crippen LogP contribution in [-0.4, -0.2) is 32.9 Å². The molecule has 9 heteroatoms. The molecule has 0 bridgehead atoms. The molecule has 0 spiro atoms. The van der Waals surface area contributed by atoms with E-state index in [2.05, 4.69) is 9.97 Å². The van der Waals surface area contributed by atoms with E-state index in [0.29, 0.717) is 0 Å². The molecule has 1 aromatic heterocycles. The van der Waals surface area contributed by atoms with Gasteiger partial charge in [0.2, 0.25) is 0 Å². The quantitative estimate of drug-likeness (QED) is 0.429. The van der Waals surface area contributed by atoms with Crippen molar-refractivity contribution in [1.82, 2.24) is 20.8 Å². The Bertz CT molecular complexity index is 450. The Balaban J connectivity index is 2.60. The number of rotatable bonds is 1. The van der Waals surface area contributed by atoms with Gasteiger partial charge in [-0.3, -0.25) is 25.4 Å². The molecule has 0 aliphatic rings. The smallest absolute Gasteiger partial charge is 0.396 e. The van der Waals surface area contributed by atoms with Gasteiger partial charge in [0, 0.05) is 0 Å². The third kappa shape index (κ3) is 3.17. The Morgan fingerprint density at radius 1 is 1.25 bits per heavy atom. The first-order valence-electron chi connectivity index (χ1n) is 3.82. The topological polar surface area (TPSA) is 121 Å². The van der Waals surface area contributed by atoms with Gasteiger partial charge in [0.05, 0.1) is 12.4 Å². The van der Waals surface area contributed by atoms with Gasteiger partial charge in [-0.2, -0.15) is 0 Å². The number of nitrogens with zero attached hydrogens (tertiary/aromatic N) is 2. The molecule has 0 fully saturated rings. The van der Waals surface area contributed by atoms with Crippen molar-refractivity contribution in [3.63, 3.8) is 0 Å². The van der Waals surface area contributed by atoms with Crippen LogP contribution in [0.5, 0.6) is 0 Å². The number of carbonyl (C=O) groups is 3. The highest BCUT2D eigenvalue weighted by Gasteiger charge is 2.13. The summed E-state index contributed by atoms with van der Waals surface area (Å²) >= 11 is 5.47. The van der Waals surface area contributed by atoms with Crippen molar-refractivity contribution in [2.45, 2.75) is 0 Å². The first kappa shape index (κ1) is 11.9. The van der Waals surface area contributed by atoms with Gasteiger partial charge in [0.1, 0.15) is 10.8 Å². The summed E-state index contributed by atoms with van der Waals surface area (Å²) in [5.74, 6) is -3.93. The molecule has 0 radical (unpaired) electrons. The third-order valence-electron chi connectivity index (χ3n) is 1.32. The highest BCUT2D eigenvalue weighted by molar-refractivity contribution is 6.31. The fourth-order valence-electron chi connectivity index (χ4n) is 0.683. The molecule has 1 rings (SSSR count). The maximum Gasteiger partial charge on any atom is 0.396 e. The van der Waals surface area contributed by atoms with E-state index in [1.807, 2.05) is 5.43 Å². The minimum atomic E-state index is -1.72. The molecule has 3 N–H and O–H groups in total. The first-order valence-corrected chi connectivity index (χ1v) is 4.19. The average molecular weight is 245 g/mol. The molecule has 2 amide bonds. The standard InChI is InChI=1S/C7H5ClN4O4/c8-4-2-9-1-3(10-4)5(13)11-12-6(14)7(15)16/h1-2H,(H,11,13)(H,12,14)(H,15,16). The molecule has 0 aliphatic carbocycles. The van der Waals surface area contributed by atoms with Crippen molar-refractivity contribution < 1.29 is 19.5 Å². The van der Waals surface area contributed by atoms with E-state index in [0.717, 1.165) is 6.20 Å². The van der Waals surface area contributed by atoms with E-state index in [1.54, 1.807) is 5.43 Å². The molecule has 8 nitrogen and oxygen atoms in total. The second kappa shape index (κ2) is 5.03. The number of aromatic nitrogens is 2. The number of carboxylic acids is 1. The van der Waals surface area contributed by atoms with Crippen LogP contribution in [0.4, 0.5) is 0 Å². The lowest BCUT2D eigenvalue weighted by atomic mass is 10.4. The van der Waals surface area contributed by atoms with Gasteiger partial charge >= 0.3 is 11.9 Å². The highest BCUT2D eigenvalue weighted by Crippen LogP contribution is 2.01. The van der Waals surface area contributed by atoms with E-state index in [4.69, 9.17) is 16.7 Å². The van der Waals surface area contributed by atoms with Gasteiger partial charge in [-0.15, -0.1) is 0 Å². The summed E-state index contributed by atoms with van der Waals surface area (Å²) in [5, 5.41) is 8.19. The second-order valence-corrected chi connectivity index (χ2v) is 2.83. The predicted octanol–water partition coefficient (Wildman–Crippen LogP) is -1.02. The summed E-state index contributed by atoms with van der Waals surface area (Å²) in [6.07, 6.45) is 2.32. The summed E-state index contributed by atoms with van der Waals surface area (Å²) < 4.78 is 0. The SMILES string of the molecule is O=C(O)C(=O)NNC(=O)c1cncc(Cl)n1. The largest absolute Gasteiger partial charge is 0.474 e. The minimum absolute atomic E-state index is 0.00258. The molecular weight excluding hydrogens is 240 g/mol. The number of carboxylic acid groups (broad SMARTS) is 1. The highest BCUT2D eigenvalue weighted by atomic mass is 35.5. The third-order valence-corrected chi connectivity index (χ3v) is 1.50. The zero-order valence-corrected chi connectivity index (χ0v) is 8.35. The molecular formula is C7H5ClN4O4. The Morgan fingerprint density at radius 2 is 1.94 bits per heavy atom. The maximum atomic E-state index is 11.2. The molecule has 0 aromatic carbocycles. The Kier molecular flexibility index (Phi) is 3.72. The number of nitrogens with one attached hydrogen (secondary N) is 2. The van der Waals surface area contributed by atoms with Crippen molar-refractivity contribution in [3.8, 4) is 0 Å². The van der Waals surface area contributed by atoms with Gasteiger partial charge in [-0.05, 0) is 0 Å². The fraction of sp³-hybridized carbons (Fsp3) is 0. The van der Waals surface area contributed by atoms with Crippen LogP contribution in [0.25, 0.3) is 0 Å². The molecule has 0 saturated heterocycles. The van der Waals surface area contributed by atoms with Crippen molar-refractivity contribution in [2.75, 3.05) is 0 Å². The van der Waals surface area contributed by atoms with Crippen LogP contribution in [0.1, 0.15) is 10.5 Å². The average Bonchev–Trinajstić information content (AvgIpc) is 2.25. The molecule has 0 unspecified atom stereocenters. The van der Waals surface area contributed by atoms with Crippen LogP contribution < -0.4 is 10.9 Å². The monoisotopic (exact) mass is 244 g/mol. The molecule has 1 aromatic rings. The lowest BCUT2D eigenvalue weighted by Crippen LogP contribution is -2.45. The van der Waals surface area contributed by atoms with E-state index >= 15 is 0 Å². The van der Waals surface area contributed by atoms with Crippen molar-refractivity contribution in [2.24, 2.45) is 0 Å². The summed E-state index contributed by atoms with van der Waals surface area (Å²) in [6.45, 7) is 0. The lowest BCUT2D eigenvalue weighted by molar-refractivity contribution is -0.150. The predicted molar refractivity (Wildman–Crippen MR) is 50.3 cm³/mol. The van der Waals surface area contributed by atoms with Crippen LogP contribution in [0.15, 0.2) is 12.4 Å². The molecule has 0 saturated carbocycles. The molecule has 0 aliphatic heterocycles. The van der Waals surface area contributed by atoms with E-state index < -0.39 is 17.8 Å². The van der Waals surface area contributed by atoms with Crippen molar-refractivity contribution in [1.29, 1.82) is 0 Å². The van der Waals surface area contributed by atoms with Crippen LogP contribution in [0, 0.1) is 0 Å². The van der Waals surface area contributed by atoms with Gasteiger partial charge in [0.25, 0.3) is 5.91 Å². The summed E-state index contributed by atoms with van der Waals surface area (Å²) in [5.41, 5.74) is 3.32. The molecule has 84 valence electrons. The number of hydrogen-bond donors (Lipinski definition) is 3. The Labute approximate surface area is 93.6 Å². The summed E-state index contributed by atoms with van der Waals surface area (Å²) in [7, 11) is 0. The van der Waals surface area contributed by atoms with Crippen molar-refractivity contribution >= 4 is 29.4 Å². The number of hydrogen-bond acceptors (Lipinski definition) is 5. The normalized spacial score (nSPS) is 9.31. The number of aliphatic carboxylic acids is 1. The van der Waals surface area contributed by atoms with Gasteiger partial charge in [-0.25, -0.2) is 9.78 Å². The summed E-state index contributed by atoms with van der Waals surface area (Å²) in [6, 6.07) is 0. The zero-order valence-electron chi connectivity index (χ0n) is 7.60. The minimum Gasteiger partial charge on any atom is -0.474 e. The molecule has 0 atom stereocenters. The first-order chi connectivity index (χ1) is 7.50. The van der Waals surface area contributed by atoms with E-state index in [1.165, 1.54) is 6.20 Å². The van der Waals surface area contributed by atoms with Gasteiger partial charge in [-0.1, -0.05) is 11.6 Å². The molecule has 1 heterocycles. The lowest BCUT2D eigenvalue weighted by Gasteiger charge is -2.03. The Morgan fingerprint density at radius 3 is 2.50 bits per heavy atom. The summed E-state index contributed by atoms with van der Waals surface area (Å²) in [4.78, 5) is 39.1. The number of amides is 2. The van der Waals surface area contributed by atoms with E-state index in [9.17, 15) is 14.4 Å². The number of carbonyl (C=O) groups excluding carboxylic acids is 2. The number of hydrazine groups is 1. The van der Waals surface area contributed by atoms with Crippen molar-refractivity contribution in [3.05, 3.63) is 23.2 Å². The van der Waals surface area contributed by atoms with Crippen LogP contribution >= 0.6 is 11.6 Å². The second-order valence-electron chi connectivity index (χ2n) is 2.44. The van der Waals surface area contributed by atoms with Crippen LogP contribution in [0.3, 0.4) is 0 Å². The van der Waals surface area contributed by atoms with E-state index in [-0.39, 0.29) is 10.8 Å². The van der Waals surface area contributed by atoms with Crippen LogP contribution in [0.2, 0.25) is 5.15 Å². The zero-order chi connectivity index (χ0) is 12.1. The molecule has 16 heavy (non-hydrogen) atoms. The fourth-order valence-corrected chi connectivity index (χ4v) is 0.830. The van der Waals surface area contributed by atoms with Gasteiger partial charge in [0.15, 0.2) is 0 Å². The number of halogens is 1. The Hall–Kier alpha value is -2.22. The maximum absolute atomic E-state index is 11.2. The van der Waals surface area contributed by atoms with Gasteiger partial charge < -0.3 is 5.11 Å². The van der Waals surface area contributed by atoms with Crippen LogP contribution in [-0.2, 0) is 9.59 Å².